The van der Waals surface area contributed by atoms with Crippen LogP contribution in [0.4, 0.5) is 0 Å². The summed E-state index contributed by atoms with van der Waals surface area (Å²) in [5, 5.41) is 2.80. The Kier molecular flexibility index (Phi) is 5.35. The normalized spacial score (nSPS) is 16.7. The number of nitrogens with zero attached hydrogens (tertiary/aromatic N) is 4. The number of hydrogen-bond acceptors (Lipinski definition) is 5. The molecule has 0 unspecified atom stereocenters. The summed E-state index contributed by atoms with van der Waals surface area (Å²) in [5.74, 6) is -1.33. The molecule has 1 fully saturated rings. The van der Waals surface area contributed by atoms with E-state index < -0.39 is 11.8 Å². The lowest BCUT2D eigenvalue weighted by atomic mass is 10.2. The van der Waals surface area contributed by atoms with Gasteiger partial charge < -0.3 is 14.7 Å². The fraction of sp³-hybridized carbons (Fsp3) is 0.600. The molecule has 0 aromatic carbocycles. The van der Waals surface area contributed by atoms with E-state index in [0.717, 1.165) is 10.7 Å². The van der Waals surface area contributed by atoms with Crippen LogP contribution in [0.15, 0.2) is 5.38 Å². The molecular weight excluding hydrogens is 316 g/mol. The number of hydrogen-bond donors (Lipinski definition) is 0. The maximum Gasteiger partial charge on any atom is 0.312 e. The van der Waals surface area contributed by atoms with Gasteiger partial charge in [-0.25, -0.2) is 4.98 Å². The third-order valence-electron chi connectivity index (χ3n) is 4.07. The summed E-state index contributed by atoms with van der Waals surface area (Å²) in [6.07, 6.45) is 0. The zero-order valence-electron chi connectivity index (χ0n) is 13.9. The molecule has 0 spiro atoms. The Morgan fingerprint density at radius 1 is 1.35 bits per heavy atom. The second-order valence-corrected chi connectivity index (χ2v) is 6.51. The molecule has 23 heavy (non-hydrogen) atoms. The number of piperazine rings is 1. The lowest BCUT2D eigenvalue weighted by Crippen LogP contribution is -2.56. The van der Waals surface area contributed by atoms with Crippen LogP contribution in [0.2, 0.25) is 0 Å². The van der Waals surface area contributed by atoms with Crippen LogP contribution in [-0.2, 0) is 14.4 Å². The van der Waals surface area contributed by atoms with Crippen molar-refractivity contribution in [2.45, 2.75) is 26.8 Å². The summed E-state index contributed by atoms with van der Waals surface area (Å²) in [4.78, 5) is 45.1. The van der Waals surface area contributed by atoms with Crippen molar-refractivity contribution >= 4 is 29.1 Å². The van der Waals surface area contributed by atoms with Crippen molar-refractivity contribution < 1.29 is 14.4 Å². The second-order valence-electron chi connectivity index (χ2n) is 5.62. The first-order valence-corrected chi connectivity index (χ1v) is 8.49. The van der Waals surface area contributed by atoms with E-state index in [1.54, 1.807) is 11.9 Å². The first-order valence-electron chi connectivity index (χ1n) is 7.61. The molecule has 1 aliphatic heterocycles. The monoisotopic (exact) mass is 338 g/mol. The number of aryl methyl sites for hydroxylation is 1. The molecule has 2 rings (SSSR count). The van der Waals surface area contributed by atoms with Gasteiger partial charge in [0, 0.05) is 37.8 Å². The quantitative estimate of drug-likeness (QED) is 0.740. The van der Waals surface area contributed by atoms with E-state index in [4.69, 9.17) is 0 Å². The third kappa shape index (κ3) is 3.69. The highest BCUT2D eigenvalue weighted by atomic mass is 32.1. The molecule has 0 N–H and O–H groups in total. The van der Waals surface area contributed by atoms with Crippen molar-refractivity contribution in [3.05, 3.63) is 16.1 Å². The van der Waals surface area contributed by atoms with Gasteiger partial charge in [-0.3, -0.25) is 14.4 Å². The van der Waals surface area contributed by atoms with Crippen LogP contribution in [0, 0.1) is 6.92 Å². The number of amides is 3. The minimum atomic E-state index is -0.599. The number of likely N-dealkylation sites (N-methyl/N-ethyl adjacent to an activating group) is 2. The van der Waals surface area contributed by atoms with Crippen LogP contribution >= 0.6 is 11.3 Å². The lowest BCUT2D eigenvalue weighted by molar-refractivity contribution is -0.157. The highest BCUT2D eigenvalue weighted by molar-refractivity contribution is 7.09. The largest absolute Gasteiger partial charge is 0.335 e. The van der Waals surface area contributed by atoms with Gasteiger partial charge >= 0.3 is 11.8 Å². The molecule has 1 aliphatic rings. The number of thiazole rings is 1. The van der Waals surface area contributed by atoms with Crippen molar-refractivity contribution in [2.24, 2.45) is 0 Å². The van der Waals surface area contributed by atoms with E-state index >= 15 is 0 Å². The van der Waals surface area contributed by atoms with E-state index in [9.17, 15) is 14.4 Å². The lowest BCUT2D eigenvalue weighted by Gasteiger charge is -2.34. The van der Waals surface area contributed by atoms with Gasteiger partial charge in [0.25, 0.3) is 0 Å². The summed E-state index contributed by atoms with van der Waals surface area (Å²) in [6, 6.07) is -0.163. The minimum Gasteiger partial charge on any atom is -0.335 e. The fourth-order valence-corrected chi connectivity index (χ4v) is 3.28. The van der Waals surface area contributed by atoms with Gasteiger partial charge in [0.2, 0.25) is 5.91 Å². The molecule has 2 heterocycles. The molecule has 8 heteroatoms. The topological polar surface area (TPSA) is 73.8 Å². The highest BCUT2D eigenvalue weighted by Crippen LogP contribution is 2.22. The van der Waals surface area contributed by atoms with E-state index in [0.29, 0.717) is 19.6 Å². The smallest absolute Gasteiger partial charge is 0.312 e. The zero-order valence-corrected chi connectivity index (χ0v) is 14.7. The molecular formula is C15H22N4O3S. The maximum atomic E-state index is 12.4. The van der Waals surface area contributed by atoms with E-state index in [2.05, 4.69) is 4.98 Å². The minimum absolute atomic E-state index is 0.0761. The Balaban J connectivity index is 1.98. The van der Waals surface area contributed by atoms with Crippen LogP contribution < -0.4 is 0 Å². The number of carbonyl (C=O) groups excluding carboxylic acids is 3. The molecule has 0 radical (unpaired) electrons. The molecule has 1 aromatic heterocycles. The van der Waals surface area contributed by atoms with Crippen molar-refractivity contribution in [1.82, 2.24) is 19.7 Å². The fourth-order valence-electron chi connectivity index (χ4n) is 2.39. The zero-order chi connectivity index (χ0) is 17.1. The van der Waals surface area contributed by atoms with Gasteiger partial charge in [0.1, 0.15) is 11.6 Å². The van der Waals surface area contributed by atoms with Crippen LogP contribution in [-0.4, -0.2) is 70.6 Å². The molecule has 1 saturated heterocycles. The molecule has 0 bridgehead atoms. The highest BCUT2D eigenvalue weighted by Gasteiger charge is 2.33. The standard InChI is InChI=1S/C15H22N4O3S/c1-5-18-6-7-19(15(22)14(18)21)8-12(20)17(4)11(3)13-16-10(2)9-23-13/h9,11H,5-8H2,1-4H3/t11-/m0/s1. The first-order chi connectivity index (χ1) is 10.8. The molecule has 0 saturated carbocycles. The van der Waals surface area contributed by atoms with E-state index in [1.165, 1.54) is 21.1 Å². The SMILES string of the molecule is CCN1CCN(CC(=O)N(C)[C@@H](C)c2nc(C)cs2)C(=O)C1=O. The molecule has 1 atom stereocenters. The Morgan fingerprint density at radius 3 is 2.52 bits per heavy atom. The van der Waals surface area contributed by atoms with Crippen LogP contribution in [0.3, 0.4) is 0 Å². The van der Waals surface area contributed by atoms with Gasteiger partial charge in [0.05, 0.1) is 6.04 Å². The van der Waals surface area contributed by atoms with E-state index in [-0.39, 0.29) is 18.5 Å². The van der Waals surface area contributed by atoms with Gasteiger partial charge in [-0.05, 0) is 20.8 Å². The predicted octanol–water partition coefficient (Wildman–Crippen LogP) is 0.662. The summed E-state index contributed by atoms with van der Waals surface area (Å²) in [7, 11) is 1.69. The third-order valence-corrected chi connectivity index (χ3v) is 5.21. The number of rotatable bonds is 5. The molecule has 1 aromatic rings. The maximum absolute atomic E-state index is 12.4. The van der Waals surface area contributed by atoms with Crippen LogP contribution in [0.1, 0.15) is 30.6 Å². The molecule has 0 aliphatic carbocycles. The summed E-state index contributed by atoms with van der Waals surface area (Å²) in [6.45, 7) is 6.93. The summed E-state index contributed by atoms with van der Waals surface area (Å²) in [5.41, 5.74) is 0.925. The van der Waals surface area contributed by atoms with Crippen LogP contribution in [0.5, 0.6) is 0 Å². The van der Waals surface area contributed by atoms with Gasteiger partial charge in [-0.2, -0.15) is 0 Å². The number of carbonyl (C=O) groups is 3. The van der Waals surface area contributed by atoms with Gasteiger partial charge in [-0.15, -0.1) is 11.3 Å². The van der Waals surface area contributed by atoms with Crippen molar-refractivity contribution in [2.75, 3.05) is 33.2 Å². The van der Waals surface area contributed by atoms with Crippen molar-refractivity contribution in [3.63, 3.8) is 0 Å². The van der Waals surface area contributed by atoms with Gasteiger partial charge in [-0.1, -0.05) is 0 Å². The Bertz CT molecular complexity index is 616. The molecule has 3 amide bonds. The predicted molar refractivity (Wildman–Crippen MR) is 86.9 cm³/mol. The Morgan fingerprint density at radius 2 is 1.96 bits per heavy atom. The average molecular weight is 338 g/mol. The Labute approximate surface area is 139 Å². The van der Waals surface area contributed by atoms with Crippen LogP contribution in [0.25, 0.3) is 0 Å². The molecule has 7 nitrogen and oxygen atoms in total. The Hall–Kier alpha value is -1.96. The average Bonchev–Trinajstić information content (AvgIpc) is 2.97. The van der Waals surface area contributed by atoms with E-state index in [1.807, 2.05) is 26.2 Å². The summed E-state index contributed by atoms with van der Waals surface area (Å²) >= 11 is 1.51. The van der Waals surface area contributed by atoms with Gasteiger partial charge in [0.15, 0.2) is 0 Å². The second kappa shape index (κ2) is 7.08. The van der Waals surface area contributed by atoms with Crippen molar-refractivity contribution in [3.8, 4) is 0 Å². The summed E-state index contributed by atoms with van der Waals surface area (Å²) < 4.78 is 0. The number of aromatic nitrogens is 1. The first kappa shape index (κ1) is 17.4. The molecule has 126 valence electrons. The van der Waals surface area contributed by atoms with Crippen molar-refractivity contribution in [1.29, 1.82) is 0 Å².